The van der Waals surface area contributed by atoms with Crippen LogP contribution in [0.5, 0.6) is 0 Å². The second-order valence-electron chi connectivity index (χ2n) is 3.46. The summed E-state index contributed by atoms with van der Waals surface area (Å²) in [5.41, 5.74) is 0.555. The van der Waals surface area contributed by atoms with E-state index in [2.05, 4.69) is 15.5 Å². The van der Waals surface area contributed by atoms with Gasteiger partial charge in [-0.15, -0.1) is 10.2 Å². The third-order valence-electron chi connectivity index (χ3n) is 1.88. The summed E-state index contributed by atoms with van der Waals surface area (Å²) in [5, 5.41) is 19.2. The van der Waals surface area contributed by atoms with Crippen LogP contribution in [0.1, 0.15) is 13.3 Å². The van der Waals surface area contributed by atoms with Crippen LogP contribution in [0.25, 0.3) is 0 Å². The average molecular weight is 264 g/mol. The Morgan fingerprint density at radius 3 is 2.88 bits per heavy atom. The summed E-state index contributed by atoms with van der Waals surface area (Å²) in [7, 11) is 0. The molecule has 0 fully saturated rings. The van der Waals surface area contributed by atoms with Gasteiger partial charge in [0.2, 0.25) is 0 Å². The number of aromatic nitrogens is 2. The van der Waals surface area contributed by atoms with Gasteiger partial charge in [0, 0.05) is 19.0 Å². The van der Waals surface area contributed by atoms with Gasteiger partial charge < -0.3 is 10.4 Å². The molecule has 1 heterocycles. The highest BCUT2D eigenvalue weighted by molar-refractivity contribution is 6.33. The summed E-state index contributed by atoms with van der Waals surface area (Å²) < 4.78 is 0. The van der Waals surface area contributed by atoms with Crippen molar-refractivity contribution >= 4 is 34.9 Å². The maximum Gasteiger partial charge on any atom is 0.303 e. The van der Waals surface area contributed by atoms with E-state index in [1.807, 2.05) is 6.92 Å². The molecule has 0 bridgehead atoms. The van der Waals surface area contributed by atoms with E-state index in [-0.39, 0.29) is 22.6 Å². The SMILES string of the molecule is CC(CNc1cc(Cl)nnc1Cl)CC(=O)O. The molecule has 0 saturated carbocycles. The van der Waals surface area contributed by atoms with Crippen LogP contribution in [-0.4, -0.2) is 27.8 Å². The summed E-state index contributed by atoms with van der Waals surface area (Å²) in [6, 6.07) is 1.55. The van der Waals surface area contributed by atoms with Gasteiger partial charge in [0.15, 0.2) is 10.3 Å². The molecule has 1 unspecified atom stereocenters. The zero-order chi connectivity index (χ0) is 12.1. The molecule has 0 spiro atoms. The van der Waals surface area contributed by atoms with Crippen molar-refractivity contribution in [2.24, 2.45) is 5.92 Å². The van der Waals surface area contributed by atoms with E-state index in [1.165, 1.54) is 0 Å². The number of aliphatic carboxylic acids is 1. The quantitative estimate of drug-likeness (QED) is 0.853. The molecule has 0 aliphatic rings. The van der Waals surface area contributed by atoms with Gasteiger partial charge in [-0.05, 0) is 5.92 Å². The number of halogens is 2. The standard InChI is InChI=1S/C9H11Cl2N3O2/c1-5(2-8(15)16)4-12-6-3-7(10)13-14-9(6)11/h3,5H,2,4H2,1H3,(H,12,13)(H,15,16). The summed E-state index contributed by atoms with van der Waals surface area (Å²) >= 11 is 11.4. The Labute approximate surface area is 103 Å². The molecule has 2 N–H and O–H groups in total. The highest BCUT2D eigenvalue weighted by Crippen LogP contribution is 2.21. The molecule has 16 heavy (non-hydrogen) atoms. The van der Waals surface area contributed by atoms with Gasteiger partial charge >= 0.3 is 5.97 Å². The lowest BCUT2D eigenvalue weighted by molar-refractivity contribution is -0.137. The Balaban J connectivity index is 2.54. The van der Waals surface area contributed by atoms with Crippen molar-refractivity contribution in [3.8, 4) is 0 Å². The van der Waals surface area contributed by atoms with Crippen LogP contribution in [0.2, 0.25) is 10.3 Å². The van der Waals surface area contributed by atoms with Crippen molar-refractivity contribution < 1.29 is 9.90 Å². The number of carboxylic acids is 1. The van der Waals surface area contributed by atoms with Gasteiger partial charge in [0.1, 0.15) is 0 Å². The number of nitrogens with one attached hydrogen (secondary N) is 1. The normalized spacial score (nSPS) is 12.2. The van der Waals surface area contributed by atoms with Crippen molar-refractivity contribution in [3.05, 3.63) is 16.4 Å². The zero-order valence-corrected chi connectivity index (χ0v) is 10.1. The lowest BCUT2D eigenvalue weighted by atomic mass is 10.1. The number of hydrogen-bond donors (Lipinski definition) is 2. The maximum absolute atomic E-state index is 10.4. The molecule has 0 aromatic carbocycles. The average Bonchev–Trinajstić information content (AvgIpc) is 2.18. The van der Waals surface area contributed by atoms with Crippen molar-refractivity contribution in [2.45, 2.75) is 13.3 Å². The van der Waals surface area contributed by atoms with Crippen molar-refractivity contribution in [3.63, 3.8) is 0 Å². The van der Waals surface area contributed by atoms with Gasteiger partial charge in [0.25, 0.3) is 0 Å². The lowest BCUT2D eigenvalue weighted by Gasteiger charge is -2.11. The molecule has 5 nitrogen and oxygen atoms in total. The molecule has 1 aromatic heterocycles. The van der Waals surface area contributed by atoms with E-state index in [1.54, 1.807) is 6.07 Å². The van der Waals surface area contributed by atoms with Crippen LogP contribution in [0, 0.1) is 5.92 Å². The minimum atomic E-state index is -0.828. The predicted octanol–water partition coefficient (Wildman–Crippen LogP) is 2.31. The van der Waals surface area contributed by atoms with Crippen LogP contribution in [0.4, 0.5) is 5.69 Å². The Hall–Kier alpha value is -1.07. The second-order valence-corrected chi connectivity index (χ2v) is 4.20. The number of carboxylic acid groups (broad SMARTS) is 1. The maximum atomic E-state index is 10.4. The summed E-state index contributed by atoms with van der Waals surface area (Å²) in [4.78, 5) is 10.4. The monoisotopic (exact) mass is 263 g/mol. The minimum absolute atomic E-state index is 0.0134. The third-order valence-corrected chi connectivity index (χ3v) is 2.35. The molecule has 0 aliphatic carbocycles. The molecule has 0 saturated heterocycles. The fraction of sp³-hybridized carbons (Fsp3) is 0.444. The molecular formula is C9H11Cl2N3O2. The number of carbonyl (C=O) groups is 1. The van der Waals surface area contributed by atoms with Gasteiger partial charge in [-0.3, -0.25) is 4.79 Å². The van der Waals surface area contributed by atoms with Crippen molar-refractivity contribution in [1.82, 2.24) is 10.2 Å². The second kappa shape index (κ2) is 5.86. The summed E-state index contributed by atoms with van der Waals surface area (Å²) in [6.07, 6.45) is 0.0941. The van der Waals surface area contributed by atoms with Crippen LogP contribution in [0.15, 0.2) is 6.07 Å². The van der Waals surface area contributed by atoms with Crippen molar-refractivity contribution in [1.29, 1.82) is 0 Å². The number of nitrogens with zero attached hydrogens (tertiary/aromatic N) is 2. The Bertz CT molecular complexity index is 387. The zero-order valence-electron chi connectivity index (χ0n) is 8.57. The van der Waals surface area contributed by atoms with Crippen LogP contribution >= 0.6 is 23.2 Å². The largest absolute Gasteiger partial charge is 0.481 e. The fourth-order valence-electron chi connectivity index (χ4n) is 1.13. The molecule has 1 rings (SSSR count). The van der Waals surface area contributed by atoms with Crippen LogP contribution < -0.4 is 5.32 Å². The van der Waals surface area contributed by atoms with Crippen LogP contribution in [-0.2, 0) is 4.79 Å². The van der Waals surface area contributed by atoms with Gasteiger partial charge in [-0.1, -0.05) is 30.1 Å². The lowest BCUT2D eigenvalue weighted by Crippen LogP contribution is -2.15. The van der Waals surface area contributed by atoms with Gasteiger partial charge in [-0.2, -0.15) is 0 Å². The molecule has 1 atom stereocenters. The number of rotatable bonds is 5. The highest BCUT2D eigenvalue weighted by atomic mass is 35.5. The van der Waals surface area contributed by atoms with Gasteiger partial charge in [0.05, 0.1) is 5.69 Å². The Morgan fingerprint density at radius 1 is 1.56 bits per heavy atom. The van der Waals surface area contributed by atoms with Crippen molar-refractivity contribution in [2.75, 3.05) is 11.9 Å². The predicted molar refractivity (Wildman–Crippen MR) is 62.0 cm³/mol. The number of hydrogen-bond acceptors (Lipinski definition) is 4. The molecule has 1 aromatic rings. The Kier molecular flexibility index (Phi) is 4.76. The van der Waals surface area contributed by atoms with E-state index in [0.717, 1.165) is 0 Å². The topological polar surface area (TPSA) is 75.1 Å². The first-order valence-electron chi connectivity index (χ1n) is 4.63. The minimum Gasteiger partial charge on any atom is -0.481 e. The van der Waals surface area contributed by atoms with E-state index in [9.17, 15) is 4.79 Å². The highest BCUT2D eigenvalue weighted by Gasteiger charge is 2.09. The van der Waals surface area contributed by atoms with Crippen LogP contribution in [0.3, 0.4) is 0 Å². The van der Waals surface area contributed by atoms with Gasteiger partial charge in [-0.25, -0.2) is 0 Å². The molecule has 0 amide bonds. The van der Waals surface area contributed by atoms with E-state index in [0.29, 0.717) is 12.2 Å². The van der Waals surface area contributed by atoms with E-state index in [4.69, 9.17) is 28.3 Å². The molecule has 0 radical (unpaired) electrons. The molecular weight excluding hydrogens is 253 g/mol. The first-order valence-corrected chi connectivity index (χ1v) is 5.39. The smallest absolute Gasteiger partial charge is 0.303 e. The Morgan fingerprint density at radius 2 is 2.25 bits per heavy atom. The summed E-state index contributed by atoms with van der Waals surface area (Å²) in [5.74, 6) is -0.841. The molecule has 88 valence electrons. The molecule has 7 heteroatoms. The first-order chi connectivity index (χ1) is 7.49. The third kappa shape index (κ3) is 4.20. The van der Waals surface area contributed by atoms with E-state index < -0.39 is 5.97 Å². The summed E-state index contributed by atoms with van der Waals surface area (Å²) in [6.45, 7) is 2.30. The molecule has 0 aliphatic heterocycles. The number of anilines is 1. The van der Waals surface area contributed by atoms with E-state index >= 15 is 0 Å². The first kappa shape index (κ1) is 13.0. The fourth-order valence-corrected chi connectivity index (χ4v) is 1.44.